The fraction of sp³-hybridized carbons (Fsp3) is 0.500. The Morgan fingerprint density at radius 2 is 2.06 bits per heavy atom. The Morgan fingerprint density at radius 3 is 2.76 bits per heavy atom. The number of rotatable bonds is 3. The van der Waals surface area contributed by atoms with Crippen LogP contribution in [0.15, 0.2) is 29.8 Å². The maximum atomic E-state index is 2.89. The molecule has 1 heteroatoms. The largest absolute Gasteiger partial charge is 0.105 e. The lowest BCUT2D eigenvalue weighted by atomic mass is 9.79. The molecule has 1 aliphatic carbocycles. The van der Waals surface area contributed by atoms with E-state index in [4.69, 9.17) is 0 Å². The molecule has 1 aromatic rings. The van der Waals surface area contributed by atoms with Crippen molar-refractivity contribution in [3.8, 4) is 0 Å². The summed E-state index contributed by atoms with van der Waals surface area (Å²) < 4.78 is 0. The van der Waals surface area contributed by atoms with E-state index in [9.17, 15) is 0 Å². The molecule has 0 saturated carbocycles. The highest BCUT2D eigenvalue weighted by atomic mass is 31.0. The lowest BCUT2D eigenvalue weighted by Gasteiger charge is -2.27. The third-order valence-electron chi connectivity index (χ3n) is 3.85. The molecular formula is C16H23P. The number of hydrogen-bond donors (Lipinski definition) is 0. The molecule has 0 saturated heterocycles. The Balaban J connectivity index is 2.45. The van der Waals surface area contributed by atoms with Crippen LogP contribution in [0.1, 0.15) is 51.5 Å². The molecule has 2 atom stereocenters. The minimum absolute atomic E-state index is 0.781. The van der Waals surface area contributed by atoms with Gasteiger partial charge in [0, 0.05) is 0 Å². The van der Waals surface area contributed by atoms with Crippen molar-refractivity contribution in [1.82, 2.24) is 0 Å². The van der Waals surface area contributed by atoms with Crippen LogP contribution in [0.3, 0.4) is 0 Å². The van der Waals surface area contributed by atoms with Gasteiger partial charge in [0.1, 0.15) is 0 Å². The van der Waals surface area contributed by atoms with Crippen molar-refractivity contribution in [1.29, 1.82) is 0 Å². The summed E-state index contributed by atoms with van der Waals surface area (Å²) in [5.74, 6) is 0.781. The number of allylic oxidation sites excluding steroid dienone is 2. The summed E-state index contributed by atoms with van der Waals surface area (Å²) >= 11 is 0. The normalized spacial score (nSPS) is 20.8. The predicted molar refractivity (Wildman–Crippen MR) is 80.6 cm³/mol. The van der Waals surface area contributed by atoms with Crippen molar-refractivity contribution in [3.63, 3.8) is 0 Å². The Morgan fingerprint density at radius 1 is 1.29 bits per heavy atom. The van der Waals surface area contributed by atoms with Crippen LogP contribution >= 0.6 is 9.24 Å². The number of benzene rings is 1. The SMILES string of the molecule is CCCC1=C(c2ccccc2P)CCC[C@H]1C. The van der Waals surface area contributed by atoms with E-state index < -0.39 is 0 Å². The molecule has 92 valence electrons. The topological polar surface area (TPSA) is 0 Å². The van der Waals surface area contributed by atoms with Gasteiger partial charge in [-0.3, -0.25) is 0 Å². The van der Waals surface area contributed by atoms with Gasteiger partial charge >= 0.3 is 0 Å². The van der Waals surface area contributed by atoms with Gasteiger partial charge in [0.05, 0.1) is 0 Å². The van der Waals surface area contributed by atoms with E-state index in [2.05, 4.69) is 47.4 Å². The maximum Gasteiger partial charge on any atom is -0.0153 e. The Bertz CT molecular complexity index is 417. The third kappa shape index (κ3) is 2.80. The molecule has 0 fully saturated rings. The summed E-state index contributed by atoms with van der Waals surface area (Å²) in [4.78, 5) is 0. The standard InChI is InChI=1S/C16H23P/c1-3-7-13-12(2)8-6-10-14(13)15-9-4-5-11-16(15)17/h4-5,9,11-12H,3,6-8,10,17H2,1-2H3/t12-/m1/s1. The monoisotopic (exact) mass is 246 g/mol. The lowest BCUT2D eigenvalue weighted by Crippen LogP contribution is -2.12. The summed E-state index contributed by atoms with van der Waals surface area (Å²) in [5, 5.41) is 1.35. The highest BCUT2D eigenvalue weighted by Crippen LogP contribution is 2.37. The molecule has 2 rings (SSSR count). The van der Waals surface area contributed by atoms with Gasteiger partial charge in [-0.15, -0.1) is 9.24 Å². The van der Waals surface area contributed by atoms with E-state index in [1.807, 2.05) is 0 Å². The van der Waals surface area contributed by atoms with Crippen molar-refractivity contribution in [2.75, 3.05) is 0 Å². The van der Waals surface area contributed by atoms with Crippen molar-refractivity contribution in [2.45, 2.75) is 46.0 Å². The second kappa shape index (κ2) is 5.83. The van der Waals surface area contributed by atoms with Gasteiger partial charge in [0.15, 0.2) is 0 Å². The van der Waals surface area contributed by atoms with E-state index in [1.54, 1.807) is 11.1 Å². The van der Waals surface area contributed by atoms with Crippen LogP contribution in [0.2, 0.25) is 0 Å². The quantitative estimate of drug-likeness (QED) is 0.686. The summed E-state index contributed by atoms with van der Waals surface area (Å²) in [7, 11) is 2.89. The summed E-state index contributed by atoms with van der Waals surface area (Å²) in [6.07, 6.45) is 6.53. The van der Waals surface area contributed by atoms with Gasteiger partial charge in [-0.05, 0) is 48.0 Å². The van der Waals surface area contributed by atoms with Crippen molar-refractivity contribution in [3.05, 3.63) is 35.4 Å². The Labute approximate surface area is 108 Å². The highest BCUT2D eigenvalue weighted by molar-refractivity contribution is 7.27. The highest BCUT2D eigenvalue weighted by Gasteiger charge is 2.20. The van der Waals surface area contributed by atoms with Gasteiger partial charge in [0.2, 0.25) is 0 Å². The van der Waals surface area contributed by atoms with Gasteiger partial charge < -0.3 is 0 Å². The van der Waals surface area contributed by atoms with Crippen LogP contribution in [0.5, 0.6) is 0 Å². The Kier molecular flexibility index (Phi) is 4.40. The molecule has 1 aromatic carbocycles. The molecule has 0 spiro atoms. The zero-order valence-corrected chi connectivity index (χ0v) is 12.2. The van der Waals surface area contributed by atoms with Gasteiger partial charge in [-0.2, -0.15) is 0 Å². The lowest BCUT2D eigenvalue weighted by molar-refractivity contribution is 0.538. The zero-order valence-electron chi connectivity index (χ0n) is 11.0. The molecule has 0 radical (unpaired) electrons. The van der Waals surface area contributed by atoms with Gasteiger partial charge in [-0.1, -0.05) is 50.1 Å². The molecule has 17 heavy (non-hydrogen) atoms. The molecule has 1 aliphatic rings. The van der Waals surface area contributed by atoms with Crippen LogP contribution < -0.4 is 5.30 Å². The van der Waals surface area contributed by atoms with Crippen LogP contribution in [0.25, 0.3) is 5.57 Å². The minimum atomic E-state index is 0.781. The first-order valence-electron chi connectivity index (χ1n) is 6.80. The number of hydrogen-bond acceptors (Lipinski definition) is 0. The van der Waals surface area contributed by atoms with Crippen molar-refractivity contribution in [2.24, 2.45) is 5.92 Å². The second-order valence-corrected chi connectivity index (χ2v) is 5.76. The molecule has 0 nitrogen and oxygen atoms in total. The van der Waals surface area contributed by atoms with Crippen molar-refractivity contribution >= 4 is 20.1 Å². The molecule has 0 aromatic heterocycles. The molecule has 0 heterocycles. The maximum absolute atomic E-state index is 2.89. The fourth-order valence-corrected chi connectivity index (χ4v) is 3.34. The molecular weight excluding hydrogens is 223 g/mol. The van der Waals surface area contributed by atoms with E-state index in [1.165, 1.54) is 43.0 Å². The first kappa shape index (κ1) is 12.8. The average Bonchev–Trinajstić information content (AvgIpc) is 2.33. The van der Waals surface area contributed by atoms with E-state index >= 15 is 0 Å². The smallest absolute Gasteiger partial charge is 0.0153 e. The zero-order chi connectivity index (χ0) is 12.3. The molecule has 0 amide bonds. The average molecular weight is 246 g/mol. The predicted octanol–water partition coefficient (Wildman–Crippen LogP) is 4.56. The summed E-state index contributed by atoms with van der Waals surface area (Å²) in [6.45, 7) is 4.69. The first-order valence-corrected chi connectivity index (χ1v) is 7.38. The summed E-state index contributed by atoms with van der Waals surface area (Å²) in [6, 6.07) is 8.78. The van der Waals surface area contributed by atoms with Crippen LogP contribution in [0.4, 0.5) is 0 Å². The fourth-order valence-electron chi connectivity index (χ4n) is 2.96. The molecule has 0 N–H and O–H groups in total. The van der Waals surface area contributed by atoms with Crippen LogP contribution in [-0.2, 0) is 0 Å². The van der Waals surface area contributed by atoms with E-state index in [0.717, 1.165) is 5.92 Å². The van der Waals surface area contributed by atoms with Crippen LogP contribution in [0, 0.1) is 5.92 Å². The molecule has 0 aliphatic heterocycles. The first-order chi connectivity index (χ1) is 8.24. The van der Waals surface area contributed by atoms with E-state index in [-0.39, 0.29) is 0 Å². The molecule has 1 unspecified atom stereocenters. The summed E-state index contributed by atoms with van der Waals surface area (Å²) in [5.41, 5.74) is 4.82. The van der Waals surface area contributed by atoms with Gasteiger partial charge in [-0.25, -0.2) is 0 Å². The Hall–Kier alpha value is -0.610. The van der Waals surface area contributed by atoms with Gasteiger partial charge in [0.25, 0.3) is 0 Å². The molecule has 0 bridgehead atoms. The minimum Gasteiger partial charge on any atom is -0.105 e. The third-order valence-corrected chi connectivity index (χ3v) is 4.36. The van der Waals surface area contributed by atoms with Crippen LogP contribution in [-0.4, -0.2) is 0 Å². The van der Waals surface area contributed by atoms with Crippen molar-refractivity contribution < 1.29 is 0 Å². The van der Waals surface area contributed by atoms with E-state index in [0.29, 0.717) is 0 Å². The second-order valence-electron chi connectivity index (χ2n) is 5.13.